The summed E-state index contributed by atoms with van der Waals surface area (Å²) in [6, 6.07) is 7.62. The van der Waals surface area contributed by atoms with Gasteiger partial charge in [0.25, 0.3) is 0 Å². The summed E-state index contributed by atoms with van der Waals surface area (Å²) in [7, 11) is 0. The highest BCUT2D eigenvalue weighted by atomic mass is 14.9. The normalized spacial score (nSPS) is 23.8. The molecule has 0 amide bonds. The third-order valence-electron chi connectivity index (χ3n) is 4.11. The van der Waals surface area contributed by atoms with E-state index in [4.69, 9.17) is 0 Å². The van der Waals surface area contributed by atoms with Crippen LogP contribution in [0, 0.1) is 5.92 Å². The van der Waals surface area contributed by atoms with E-state index >= 15 is 0 Å². The Kier molecular flexibility index (Phi) is 2.96. The Balaban J connectivity index is 1.84. The molecule has 0 radical (unpaired) electrons. The van der Waals surface area contributed by atoms with Crippen LogP contribution in [0.4, 0.5) is 0 Å². The molecule has 2 aliphatic rings. The van der Waals surface area contributed by atoms with Gasteiger partial charge in [-0.05, 0) is 54.2 Å². The maximum atomic E-state index is 3.69. The zero-order valence-corrected chi connectivity index (χ0v) is 11.0. The van der Waals surface area contributed by atoms with E-state index in [1.54, 1.807) is 16.7 Å². The van der Waals surface area contributed by atoms with Crippen molar-refractivity contribution in [2.75, 3.05) is 0 Å². The van der Waals surface area contributed by atoms with Crippen LogP contribution in [0.15, 0.2) is 18.2 Å². The van der Waals surface area contributed by atoms with Crippen molar-refractivity contribution >= 4 is 0 Å². The molecule has 0 bridgehead atoms. The summed E-state index contributed by atoms with van der Waals surface area (Å²) in [5.74, 6) is 1.69. The van der Waals surface area contributed by atoms with Gasteiger partial charge in [0.1, 0.15) is 0 Å². The lowest BCUT2D eigenvalue weighted by molar-refractivity contribution is 0.397. The second-order valence-corrected chi connectivity index (χ2v) is 6.17. The maximum Gasteiger partial charge on any atom is 0.0211 e. The standard InChI is InChI=1S/C16H23N/c1-11(2)8-14-9-16-13(10-17-14)4-3-5-15(16)12-6-7-12/h3-5,11-12,14,17H,6-10H2,1-2H3. The van der Waals surface area contributed by atoms with Crippen molar-refractivity contribution in [3.05, 3.63) is 34.9 Å². The Morgan fingerprint density at radius 3 is 2.82 bits per heavy atom. The predicted octanol–water partition coefficient (Wildman–Crippen LogP) is 3.62. The lowest BCUT2D eigenvalue weighted by Crippen LogP contribution is -2.37. The van der Waals surface area contributed by atoms with Crippen LogP contribution in [0.2, 0.25) is 0 Å². The molecule has 1 aliphatic carbocycles. The van der Waals surface area contributed by atoms with Crippen molar-refractivity contribution in [1.29, 1.82) is 0 Å². The van der Waals surface area contributed by atoms with Crippen LogP contribution in [0.3, 0.4) is 0 Å². The van der Waals surface area contributed by atoms with E-state index in [2.05, 4.69) is 37.4 Å². The number of benzene rings is 1. The Morgan fingerprint density at radius 2 is 2.12 bits per heavy atom. The molecule has 1 heteroatoms. The zero-order chi connectivity index (χ0) is 11.8. The van der Waals surface area contributed by atoms with Gasteiger partial charge in [0.2, 0.25) is 0 Å². The second-order valence-electron chi connectivity index (χ2n) is 6.17. The zero-order valence-electron chi connectivity index (χ0n) is 11.0. The summed E-state index contributed by atoms with van der Waals surface area (Å²) < 4.78 is 0. The summed E-state index contributed by atoms with van der Waals surface area (Å²) in [6.07, 6.45) is 5.39. The maximum absolute atomic E-state index is 3.69. The highest BCUT2D eigenvalue weighted by molar-refractivity contribution is 5.41. The summed E-state index contributed by atoms with van der Waals surface area (Å²) in [6.45, 7) is 5.72. The Morgan fingerprint density at radius 1 is 1.29 bits per heavy atom. The van der Waals surface area contributed by atoms with Crippen molar-refractivity contribution in [3.63, 3.8) is 0 Å². The van der Waals surface area contributed by atoms with Crippen LogP contribution in [-0.2, 0) is 13.0 Å². The molecular weight excluding hydrogens is 206 g/mol. The van der Waals surface area contributed by atoms with Crippen molar-refractivity contribution in [2.45, 2.75) is 58.0 Å². The molecule has 3 rings (SSSR count). The fourth-order valence-corrected chi connectivity index (χ4v) is 3.15. The van der Waals surface area contributed by atoms with E-state index in [0.717, 1.165) is 18.4 Å². The molecule has 1 saturated carbocycles. The van der Waals surface area contributed by atoms with Crippen molar-refractivity contribution in [2.24, 2.45) is 5.92 Å². The molecule has 0 saturated heterocycles. The van der Waals surface area contributed by atoms with Crippen molar-refractivity contribution in [1.82, 2.24) is 5.32 Å². The Hall–Kier alpha value is -0.820. The van der Waals surface area contributed by atoms with Gasteiger partial charge < -0.3 is 5.32 Å². The van der Waals surface area contributed by atoms with E-state index in [0.29, 0.717) is 6.04 Å². The summed E-state index contributed by atoms with van der Waals surface area (Å²) in [5.41, 5.74) is 4.89. The highest BCUT2D eigenvalue weighted by Crippen LogP contribution is 2.43. The number of fused-ring (bicyclic) bond motifs is 1. The van der Waals surface area contributed by atoms with Gasteiger partial charge in [-0.1, -0.05) is 32.0 Å². The van der Waals surface area contributed by atoms with Gasteiger partial charge in [-0.3, -0.25) is 0 Å². The molecule has 1 aromatic carbocycles. The third kappa shape index (κ3) is 2.40. The molecule has 0 aromatic heterocycles. The number of nitrogens with one attached hydrogen (secondary N) is 1. The molecule has 1 heterocycles. The topological polar surface area (TPSA) is 12.0 Å². The monoisotopic (exact) mass is 229 g/mol. The van der Waals surface area contributed by atoms with Gasteiger partial charge in [-0.15, -0.1) is 0 Å². The van der Waals surface area contributed by atoms with Gasteiger partial charge in [0, 0.05) is 12.6 Å². The summed E-state index contributed by atoms with van der Waals surface area (Å²) in [5, 5.41) is 3.69. The van der Waals surface area contributed by atoms with Crippen molar-refractivity contribution < 1.29 is 0 Å². The van der Waals surface area contributed by atoms with Crippen LogP contribution < -0.4 is 5.32 Å². The number of hydrogen-bond donors (Lipinski definition) is 1. The average molecular weight is 229 g/mol. The number of hydrogen-bond acceptors (Lipinski definition) is 1. The van der Waals surface area contributed by atoms with Crippen molar-refractivity contribution in [3.8, 4) is 0 Å². The van der Waals surface area contributed by atoms with Crippen LogP contribution in [-0.4, -0.2) is 6.04 Å². The van der Waals surface area contributed by atoms with Gasteiger partial charge in [0.15, 0.2) is 0 Å². The SMILES string of the molecule is CC(C)CC1Cc2c(cccc2C2CC2)CN1. The molecule has 92 valence electrons. The van der Waals surface area contributed by atoms with E-state index in [1.165, 1.54) is 25.7 Å². The predicted molar refractivity (Wildman–Crippen MR) is 72.2 cm³/mol. The Labute approximate surface area is 105 Å². The molecule has 1 unspecified atom stereocenters. The lowest BCUT2D eigenvalue weighted by atomic mass is 9.87. The van der Waals surface area contributed by atoms with E-state index in [9.17, 15) is 0 Å². The van der Waals surface area contributed by atoms with Crippen LogP contribution in [0.5, 0.6) is 0 Å². The van der Waals surface area contributed by atoms with Gasteiger partial charge >= 0.3 is 0 Å². The fraction of sp³-hybridized carbons (Fsp3) is 0.625. The van der Waals surface area contributed by atoms with E-state index in [1.807, 2.05) is 0 Å². The van der Waals surface area contributed by atoms with Crippen LogP contribution in [0.25, 0.3) is 0 Å². The molecule has 1 nitrogen and oxygen atoms in total. The van der Waals surface area contributed by atoms with Gasteiger partial charge in [-0.25, -0.2) is 0 Å². The van der Waals surface area contributed by atoms with E-state index in [-0.39, 0.29) is 0 Å². The minimum Gasteiger partial charge on any atom is -0.310 e. The first-order valence-electron chi connectivity index (χ1n) is 7.08. The Bertz CT molecular complexity index is 404. The summed E-state index contributed by atoms with van der Waals surface area (Å²) in [4.78, 5) is 0. The van der Waals surface area contributed by atoms with Crippen LogP contribution >= 0.6 is 0 Å². The minimum atomic E-state index is 0.697. The quantitative estimate of drug-likeness (QED) is 0.834. The third-order valence-corrected chi connectivity index (χ3v) is 4.11. The molecular formula is C16H23N. The molecule has 1 aromatic rings. The van der Waals surface area contributed by atoms with E-state index < -0.39 is 0 Å². The first kappa shape index (κ1) is 11.3. The molecule has 1 atom stereocenters. The molecule has 1 N–H and O–H groups in total. The number of rotatable bonds is 3. The summed E-state index contributed by atoms with van der Waals surface area (Å²) >= 11 is 0. The minimum absolute atomic E-state index is 0.697. The van der Waals surface area contributed by atoms with Gasteiger partial charge in [0.05, 0.1) is 0 Å². The molecule has 1 aliphatic heterocycles. The average Bonchev–Trinajstić information content (AvgIpc) is 3.11. The lowest BCUT2D eigenvalue weighted by Gasteiger charge is -2.29. The van der Waals surface area contributed by atoms with Gasteiger partial charge in [-0.2, -0.15) is 0 Å². The van der Waals surface area contributed by atoms with Crippen LogP contribution in [0.1, 0.15) is 55.7 Å². The largest absolute Gasteiger partial charge is 0.310 e. The first-order valence-corrected chi connectivity index (χ1v) is 7.08. The molecule has 17 heavy (non-hydrogen) atoms. The first-order chi connectivity index (χ1) is 8.24. The smallest absolute Gasteiger partial charge is 0.0211 e. The second kappa shape index (κ2) is 4.45. The molecule has 0 spiro atoms. The fourth-order valence-electron chi connectivity index (χ4n) is 3.15. The molecule has 1 fully saturated rings. The highest BCUT2D eigenvalue weighted by Gasteiger charge is 2.29.